The summed E-state index contributed by atoms with van der Waals surface area (Å²) >= 11 is 0. The highest BCUT2D eigenvalue weighted by Crippen LogP contribution is 2.31. The van der Waals surface area contributed by atoms with Gasteiger partial charge in [-0.15, -0.1) is 0 Å². The Morgan fingerprint density at radius 1 is 1.50 bits per heavy atom. The molecule has 0 aliphatic heterocycles. The molecule has 18 heavy (non-hydrogen) atoms. The van der Waals surface area contributed by atoms with E-state index in [1.54, 1.807) is 0 Å². The summed E-state index contributed by atoms with van der Waals surface area (Å²) in [6.07, 6.45) is 2.23. The lowest BCUT2D eigenvalue weighted by Gasteiger charge is -2.13. The molecule has 6 heteroatoms. The Morgan fingerprint density at radius 3 is 2.83 bits per heavy atom. The van der Waals surface area contributed by atoms with Crippen molar-refractivity contribution in [2.24, 2.45) is 5.73 Å². The molecule has 94 valence electrons. The van der Waals surface area contributed by atoms with Crippen molar-refractivity contribution in [1.82, 2.24) is 0 Å². The van der Waals surface area contributed by atoms with Gasteiger partial charge >= 0.3 is 5.69 Å². The first-order valence-electron chi connectivity index (χ1n) is 5.71. The number of hydrogen-bond donors (Lipinski definition) is 1. The number of nitrogens with two attached hydrogens (primary N) is 1. The van der Waals surface area contributed by atoms with Crippen molar-refractivity contribution in [1.29, 1.82) is 5.26 Å². The van der Waals surface area contributed by atoms with Crippen LogP contribution in [-0.2, 0) is 0 Å². The van der Waals surface area contributed by atoms with Gasteiger partial charge in [0.1, 0.15) is 6.10 Å². The summed E-state index contributed by atoms with van der Waals surface area (Å²) in [5.41, 5.74) is 6.00. The van der Waals surface area contributed by atoms with Crippen LogP contribution in [0.2, 0.25) is 0 Å². The molecule has 0 saturated heterocycles. The van der Waals surface area contributed by atoms with Gasteiger partial charge in [0.25, 0.3) is 0 Å². The summed E-state index contributed by atoms with van der Waals surface area (Å²) in [6, 6.07) is 6.14. The molecule has 0 spiro atoms. The molecule has 2 atom stereocenters. The predicted molar refractivity (Wildman–Crippen MR) is 64.1 cm³/mol. The SMILES string of the molecule is N#Cc1ccc([N+](=O)[O-])c(OC2CCC(N)C2)c1. The lowest BCUT2D eigenvalue weighted by molar-refractivity contribution is -0.386. The van der Waals surface area contributed by atoms with Gasteiger partial charge in [0, 0.05) is 18.2 Å². The maximum Gasteiger partial charge on any atom is 0.311 e. The number of nitrogens with zero attached hydrogens (tertiary/aromatic N) is 2. The second-order valence-corrected chi connectivity index (χ2v) is 4.36. The Kier molecular flexibility index (Phi) is 3.44. The molecule has 0 radical (unpaired) electrons. The molecule has 1 aliphatic rings. The maximum atomic E-state index is 10.9. The van der Waals surface area contributed by atoms with Crippen molar-refractivity contribution in [2.45, 2.75) is 31.4 Å². The van der Waals surface area contributed by atoms with E-state index in [9.17, 15) is 10.1 Å². The van der Waals surface area contributed by atoms with Gasteiger partial charge in [0.05, 0.1) is 16.6 Å². The molecule has 0 bridgehead atoms. The van der Waals surface area contributed by atoms with Crippen LogP contribution in [0.25, 0.3) is 0 Å². The lowest BCUT2D eigenvalue weighted by atomic mass is 10.2. The summed E-state index contributed by atoms with van der Waals surface area (Å²) in [5, 5.41) is 19.7. The number of nitriles is 1. The summed E-state index contributed by atoms with van der Waals surface area (Å²) in [5.74, 6) is 0.151. The van der Waals surface area contributed by atoms with Crippen LogP contribution in [0.1, 0.15) is 24.8 Å². The lowest BCUT2D eigenvalue weighted by Crippen LogP contribution is -2.19. The highest BCUT2D eigenvalue weighted by Gasteiger charge is 2.26. The van der Waals surface area contributed by atoms with E-state index in [4.69, 9.17) is 15.7 Å². The minimum atomic E-state index is -0.509. The van der Waals surface area contributed by atoms with E-state index >= 15 is 0 Å². The first kappa shape index (κ1) is 12.3. The molecule has 1 aromatic carbocycles. The van der Waals surface area contributed by atoms with E-state index in [0.29, 0.717) is 12.0 Å². The quantitative estimate of drug-likeness (QED) is 0.647. The van der Waals surface area contributed by atoms with E-state index in [1.807, 2.05) is 6.07 Å². The topological polar surface area (TPSA) is 102 Å². The largest absolute Gasteiger partial charge is 0.483 e. The van der Waals surface area contributed by atoms with Crippen molar-refractivity contribution in [2.75, 3.05) is 0 Å². The van der Waals surface area contributed by atoms with Crippen LogP contribution in [0.4, 0.5) is 5.69 Å². The van der Waals surface area contributed by atoms with Gasteiger partial charge in [-0.2, -0.15) is 5.26 Å². The van der Waals surface area contributed by atoms with Gasteiger partial charge in [-0.05, 0) is 25.3 Å². The van der Waals surface area contributed by atoms with Gasteiger partial charge < -0.3 is 10.5 Å². The van der Waals surface area contributed by atoms with Crippen LogP contribution in [0.5, 0.6) is 5.75 Å². The Hall–Kier alpha value is -2.13. The number of rotatable bonds is 3. The fourth-order valence-electron chi connectivity index (χ4n) is 2.09. The summed E-state index contributed by atoms with van der Waals surface area (Å²) < 4.78 is 5.61. The van der Waals surface area contributed by atoms with Crippen LogP contribution in [0, 0.1) is 21.4 Å². The standard InChI is InChI=1S/C12H13N3O3/c13-7-8-1-4-11(15(16)17)12(5-8)18-10-3-2-9(14)6-10/h1,4-5,9-10H,2-3,6,14H2. The molecular formula is C12H13N3O3. The molecule has 2 rings (SSSR count). The highest BCUT2D eigenvalue weighted by atomic mass is 16.6. The third-order valence-electron chi connectivity index (χ3n) is 3.00. The third-order valence-corrected chi connectivity index (χ3v) is 3.00. The summed E-state index contributed by atoms with van der Waals surface area (Å²) in [6.45, 7) is 0. The smallest absolute Gasteiger partial charge is 0.311 e. The first-order chi connectivity index (χ1) is 8.60. The molecule has 0 aromatic heterocycles. The fourth-order valence-corrected chi connectivity index (χ4v) is 2.09. The van der Waals surface area contributed by atoms with Crippen LogP contribution in [0.15, 0.2) is 18.2 Å². The number of benzene rings is 1. The van der Waals surface area contributed by atoms with Crippen molar-refractivity contribution in [3.63, 3.8) is 0 Å². The van der Waals surface area contributed by atoms with E-state index in [1.165, 1.54) is 18.2 Å². The van der Waals surface area contributed by atoms with Gasteiger partial charge in [-0.1, -0.05) is 0 Å². The second-order valence-electron chi connectivity index (χ2n) is 4.36. The molecule has 0 heterocycles. The number of hydrogen-bond acceptors (Lipinski definition) is 5. The Balaban J connectivity index is 2.24. The van der Waals surface area contributed by atoms with E-state index in [-0.39, 0.29) is 23.6 Å². The molecule has 6 nitrogen and oxygen atoms in total. The van der Waals surface area contributed by atoms with Gasteiger partial charge in [-0.3, -0.25) is 10.1 Å². The first-order valence-corrected chi connectivity index (χ1v) is 5.71. The fraction of sp³-hybridized carbons (Fsp3) is 0.417. The second kappa shape index (κ2) is 5.02. The van der Waals surface area contributed by atoms with E-state index < -0.39 is 4.92 Å². The van der Waals surface area contributed by atoms with Gasteiger partial charge in [0.15, 0.2) is 5.75 Å². The predicted octanol–water partition coefficient (Wildman–Crippen LogP) is 1.73. The molecule has 1 aliphatic carbocycles. The average molecular weight is 247 g/mol. The monoisotopic (exact) mass is 247 g/mol. The molecule has 1 saturated carbocycles. The summed E-state index contributed by atoms with van der Waals surface area (Å²) in [7, 11) is 0. The normalized spacial score (nSPS) is 22.4. The Bertz CT molecular complexity index is 510. The molecule has 1 aromatic rings. The summed E-state index contributed by atoms with van der Waals surface area (Å²) in [4.78, 5) is 10.4. The average Bonchev–Trinajstić information content (AvgIpc) is 2.74. The van der Waals surface area contributed by atoms with Gasteiger partial charge in [0.2, 0.25) is 0 Å². The van der Waals surface area contributed by atoms with E-state index in [2.05, 4.69) is 0 Å². The van der Waals surface area contributed by atoms with Gasteiger partial charge in [-0.25, -0.2) is 0 Å². The van der Waals surface area contributed by atoms with Crippen LogP contribution in [0.3, 0.4) is 0 Å². The minimum absolute atomic E-state index is 0.0909. The van der Waals surface area contributed by atoms with Crippen molar-refractivity contribution >= 4 is 5.69 Å². The van der Waals surface area contributed by atoms with Crippen molar-refractivity contribution < 1.29 is 9.66 Å². The van der Waals surface area contributed by atoms with Crippen LogP contribution < -0.4 is 10.5 Å². The number of ether oxygens (including phenoxy) is 1. The molecular weight excluding hydrogens is 234 g/mol. The van der Waals surface area contributed by atoms with Crippen LogP contribution in [-0.4, -0.2) is 17.1 Å². The zero-order valence-electron chi connectivity index (χ0n) is 9.70. The highest BCUT2D eigenvalue weighted by molar-refractivity contribution is 5.51. The molecule has 2 N–H and O–H groups in total. The Morgan fingerprint density at radius 2 is 2.28 bits per heavy atom. The van der Waals surface area contributed by atoms with Crippen LogP contribution >= 0.6 is 0 Å². The zero-order valence-corrected chi connectivity index (χ0v) is 9.70. The molecule has 0 amide bonds. The number of nitro groups is 1. The molecule has 2 unspecified atom stereocenters. The third kappa shape index (κ3) is 2.57. The zero-order chi connectivity index (χ0) is 13.1. The molecule has 1 fully saturated rings. The Labute approximate surface area is 104 Å². The minimum Gasteiger partial charge on any atom is -0.483 e. The maximum absolute atomic E-state index is 10.9. The number of nitro benzene ring substituents is 1. The van der Waals surface area contributed by atoms with E-state index in [0.717, 1.165) is 12.8 Å². The van der Waals surface area contributed by atoms with Crippen molar-refractivity contribution in [3.05, 3.63) is 33.9 Å². The van der Waals surface area contributed by atoms with Crippen molar-refractivity contribution in [3.8, 4) is 11.8 Å².